The molecule has 0 saturated carbocycles. The van der Waals surface area contributed by atoms with Crippen molar-refractivity contribution in [3.05, 3.63) is 23.8 Å². The molecule has 2 rings (SSSR count). The van der Waals surface area contributed by atoms with E-state index in [0.29, 0.717) is 12.3 Å². The van der Waals surface area contributed by atoms with Gasteiger partial charge in [-0.25, -0.2) is 0 Å². The Hall–Kier alpha value is -1.30. The van der Waals surface area contributed by atoms with Crippen LogP contribution in [0.5, 0.6) is 11.5 Å². The van der Waals surface area contributed by atoms with Gasteiger partial charge < -0.3 is 19.3 Å². The molecular formula is C15H23NO4. The summed E-state index contributed by atoms with van der Waals surface area (Å²) in [7, 11) is 3.22. The van der Waals surface area contributed by atoms with Crippen molar-refractivity contribution in [3.8, 4) is 11.5 Å². The Morgan fingerprint density at radius 2 is 2.10 bits per heavy atom. The third-order valence-corrected chi connectivity index (χ3v) is 3.55. The van der Waals surface area contributed by atoms with Crippen molar-refractivity contribution in [1.29, 1.82) is 0 Å². The molecule has 1 N–H and O–H groups in total. The first-order valence-corrected chi connectivity index (χ1v) is 6.94. The highest BCUT2D eigenvalue weighted by molar-refractivity contribution is 5.42. The van der Waals surface area contributed by atoms with Crippen LogP contribution in [0, 0.1) is 0 Å². The summed E-state index contributed by atoms with van der Waals surface area (Å²) >= 11 is 0. The lowest BCUT2D eigenvalue weighted by molar-refractivity contribution is 0.102. The normalized spacial score (nSPS) is 18.4. The van der Waals surface area contributed by atoms with Crippen LogP contribution >= 0.6 is 0 Å². The predicted molar refractivity (Wildman–Crippen MR) is 76.4 cm³/mol. The van der Waals surface area contributed by atoms with Crippen molar-refractivity contribution >= 4 is 0 Å². The van der Waals surface area contributed by atoms with Gasteiger partial charge in [-0.1, -0.05) is 0 Å². The summed E-state index contributed by atoms with van der Waals surface area (Å²) in [6.45, 7) is 3.93. The smallest absolute Gasteiger partial charge is 0.128 e. The largest absolute Gasteiger partial charge is 0.497 e. The van der Waals surface area contributed by atoms with Gasteiger partial charge in [-0.2, -0.15) is 0 Å². The highest BCUT2D eigenvalue weighted by Crippen LogP contribution is 2.30. The molecular weight excluding hydrogens is 258 g/mol. The topological polar surface area (TPSA) is 51.2 Å². The molecule has 5 heteroatoms. The van der Waals surface area contributed by atoms with E-state index >= 15 is 0 Å². The van der Waals surface area contributed by atoms with Crippen LogP contribution < -0.4 is 9.47 Å². The van der Waals surface area contributed by atoms with Crippen LogP contribution in [-0.4, -0.2) is 57.1 Å². The average molecular weight is 281 g/mol. The Kier molecular flexibility index (Phi) is 5.64. The van der Waals surface area contributed by atoms with Gasteiger partial charge in [0, 0.05) is 37.9 Å². The van der Waals surface area contributed by atoms with Crippen molar-refractivity contribution in [3.63, 3.8) is 0 Å². The molecule has 0 radical (unpaired) electrons. The summed E-state index contributed by atoms with van der Waals surface area (Å²) in [6.07, 6.45) is 0.431. The fourth-order valence-corrected chi connectivity index (χ4v) is 2.42. The van der Waals surface area contributed by atoms with Crippen molar-refractivity contribution in [2.75, 3.05) is 47.1 Å². The monoisotopic (exact) mass is 281 g/mol. The molecule has 1 atom stereocenters. The number of ether oxygens (including phenoxy) is 3. The molecule has 1 saturated heterocycles. The second kappa shape index (κ2) is 7.47. The quantitative estimate of drug-likeness (QED) is 0.885. The Balaban J connectivity index is 2.05. The van der Waals surface area contributed by atoms with Gasteiger partial charge in [0.25, 0.3) is 0 Å². The Morgan fingerprint density at radius 1 is 1.25 bits per heavy atom. The molecule has 1 aliphatic heterocycles. The summed E-state index contributed by atoms with van der Waals surface area (Å²) in [6, 6.07) is 5.49. The molecule has 5 nitrogen and oxygen atoms in total. The highest BCUT2D eigenvalue weighted by Gasteiger charge is 2.18. The van der Waals surface area contributed by atoms with Crippen molar-refractivity contribution in [1.82, 2.24) is 4.90 Å². The van der Waals surface area contributed by atoms with Crippen LogP contribution in [0.4, 0.5) is 0 Å². The number of β-amino-alcohol motifs (C(OH)–C–C–N with tert-alkyl or cyclic N) is 1. The van der Waals surface area contributed by atoms with E-state index in [-0.39, 0.29) is 0 Å². The van der Waals surface area contributed by atoms with Crippen molar-refractivity contribution in [2.24, 2.45) is 0 Å². The summed E-state index contributed by atoms with van der Waals surface area (Å²) in [5.74, 6) is 1.38. The molecule has 1 heterocycles. The fourth-order valence-electron chi connectivity index (χ4n) is 2.42. The van der Waals surface area contributed by atoms with Crippen LogP contribution in [0.1, 0.15) is 18.1 Å². The lowest BCUT2D eigenvalue weighted by Crippen LogP contribution is -2.31. The first-order chi connectivity index (χ1) is 9.74. The third-order valence-electron chi connectivity index (χ3n) is 3.55. The van der Waals surface area contributed by atoms with Gasteiger partial charge in [0.2, 0.25) is 0 Å². The van der Waals surface area contributed by atoms with Crippen LogP contribution in [0.3, 0.4) is 0 Å². The second-order valence-electron chi connectivity index (χ2n) is 4.89. The van der Waals surface area contributed by atoms with Gasteiger partial charge in [0.1, 0.15) is 11.5 Å². The number of nitrogens with zero attached hydrogens (tertiary/aromatic N) is 1. The van der Waals surface area contributed by atoms with Crippen molar-refractivity contribution < 1.29 is 19.3 Å². The average Bonchev–Trinajstić information content (AvgIpc) is 2.75. The van der Waals surface area contributed by atoms with Gasteiger partial charge in [0.15, 0.2) is 0 Å². The summed E-state index contributed by atoms with van der Waals surface area (Å²) in [5, 5.41) is 10.4. The van der Waals surface area contributed by atoms with Gasteiger partial charge >= 0.3 is 0 Å². The minimum absolute atomic E-state index is 0.575. The van der Waals surface area contributed by atoms with Crippen molar-refractivity contribution in [2.45, 2.75) is 12.5 Å². The summed E-state index contributed by atoms with van der Waals surface area (Å²) < 4.78 is 15.9. The van der Waals surface area contributed by atoms with Crippen LogP contribution in [0.2, 0.25) is 0 Å². The lowest BCUT2D eigenvalue weighted by Gasteiger charge is -2.24. The first kappa shape index (κ1) is 15.1. The summed E-state index contributed by atoms with van der Waals surface area (Å²) in [5.41, 5.74) is 0.790. The van der Waals surface area contributed by atoms with Gasteiger partial charge in [0.05, 0.1) is 26.9 Å². The molecule has 0 amide bonds. The predicted octanol–water partition coefficient (Wildman–Crippen LogP) is 1.46. The SMILES string of the molecule is COc1ccc(C(O)CN2CCCOCC2)c(OC)c1. The molecule has 1 aromatic carbocycles. The highest BCUT2D eigenvalue weighted by atomic mass is 16.5. The zero-order valence-electron chi connectivity index (χ0n) is 12.2. The number of hydrogen-bond donors (Lipinski definition) is 1. The maximum atomic E-state index is 10.4. The molecule has 1 unspecified atom stereocenters. The lowest BCUT2D eigenvalue weighted by atomic mass is 10.1. The van der Waals surface area contributed by atoms with E-state index in [1.807, 2.05) is 12.1 Å². The zero-order chi connectivity index (χ0) is 14.4. The number of benzene rings is 1. The van der Waals surface area contributed by atoms with E-state index in [1.54, 1.807) is 20.3 Å². The van der Waals surface area contributed by atoms with E-state index in [0.717, 1.165) is 44.0 Å². The van der Waals surface area contributed by atoms with E-state index in [2.05, 4.69) is 4.90 Å². The number of rotatable bonds is 5. The van der Waals surface area contributed by atoms with E-state index in [1.165, 1.54) is 0 Å². The van der Waals surface area contributed by atoms with Gasteiger partial charge in [-0.05, 0) is 18.6 Å². The Bertz CT molecular complexity index is 416. The molecule has 1 aromatic rings. The first-order valence-electron chi connectivity index (χ1n) is 6.94. The number of methoxy groups -OCH3 is 2. The van der Waals surface area contributed by atoms with Crippen LogP contribution in [-0.2, 0) is 4.74 Å². The summed E-state index contributed by atoms with van der Waals surface area (Å²) in [4.78, 5) is 2.22. The van der Waals surface area contributed by atoms with E-state index in [4.69, 9.17) is 14.2 Å². The standard InChI is InChI=1S/C15H23NO4/c1-18-12-4-5-13(15(10-12)19-2)14(17)11-16-6-3-8-20-9-7-16/h4-5,10,14,17H,3,6-9,11H2,1-2H3. The van der Waals surface area contributed by atoms with E-state index in [9.17, 15) is 5.11 Å². The molecule has 0 aromatic heterocycles. The number of hydrogen-bond acceptors (Lipinski definition) is 5. The Labute approximate surface area is 120 Å². The minimum atomic E-state index is -0.575. The molecule has 20 heavy (non-hydrogen) atoms. The van der Waals surface area contributed by atoms with Crippen LogP contribution in [0.15, 0.2) is 18.2 Å². The molecule has 1 fully saturated rings. The number of aliphatic hydroxyl groups excluding tert-OH is 1. The third kappa shape index (κ3) is 3.85. The van der Waals surface area contributed by atoms with Crippen LogP contribution in [0.25, 0.3) is 0 Å². The molecule has 112 valence electrons. The number of aliphatic hydroxyl groups is 1. The zero-order valence-corrected chi connectivity index (χ0v) is 12.2. The molecule has 0 aliphatic carbocycles. The Morgan fingerprint density at radius 3 is 2.85 bits per heavy atom. The second-order valence-corrected chi connectivity index (χ2v) is 4.89. The molecule has 0 bridgehead atoms. The maximum Gasteiger partial charge on any atom is 0.128 e. The minimum Gasteiger partial charge on any atom is -0.497 e. The molecule has 0 spiro atoms. The van der Waals surface area contributed by atoms with Gasteiger partial charge in [-0.15, -0.1) is 0 Å². The maximum absolute atomic E-state index is 10.4. The van der Waals surface area contributed by atoms with E-state index < -0.39 is 6.10 Å². The van der Waals surface area contributed by atoms with Gasteiger partial charge in [-0.3, -0.25) is 4.90 Å². The fraction of sp³-hybridized carbons (Fsp3) is 0.600. The molecule has 1 aliphatic rings.